The molecule has 0 aliphatic rings. The summed E-state index contributed by atoms with van der Waals surface area (Å²) in [5, 5.41) is 0.648. The Bertz CT molecular complexity index is 1130. The summed E-state index contributed by atoms with van der Waals surface area (Å²) in [5.74, 6) is -0.965. The van der Waals surface area contributed by atoms with Gasteiger partial charge in [0.05, 0.1) is 30.8 Å². The largest absolute Gasteiger partial charge is 0.493 e. The molecule has 5 nitrogen and oxygen atoms in total. The highest BCUT2D eigenvalue weighted by molar-refractivity contribution is 6.35. The Morgan fingerprint density at radius 2 is 1.94 bits per heavy atom. The van der Waals surface area contributed by atoms with Crippen LogP contribution in [0.25, 0.3) is 11.0 Å². The molecule has 0 saturated heterocycles. The van der Waals surface area contributed by atoms with Crippen molar-refractivity contribution in [3.8, 4) is 5.75 Å². The maximum atomic E-state index is 13.8. The number of rotatable bonds is 8. The van der Waals surface area contributed by atoms with E-state index in [1.165, 1.54) is 12.1 Å². The molecule has 0 unspecified atom stereocenters. The van der Waals surface area contributed by atoms with E-state index in [0.717, 1.165) is 4.57 Å². The second-order valence-electron chi connectivity index (χ2n) is 7.12. The number of carbonyl (C=O) groups excluding carboxylic acids is 1. The number of carbonyl (C=O) groups is 1. The van der Waals surface area contributed by atoms with E-state index >= 15 is 0 Å². The van der Waals surface area contributed by atoms with Gasteiger partial charge >= 0.3 is 12.1 Å². The van der Waals surface area contributed by atoms with Gasteiger partial charge in [0.15, 0.2) is 0 Å². The lowest BCUT2D eigenvalue weighted by molar-refractivity contribution is -0.146. The van der Waals surface area contributed by atoms with Crippen LogP contribution in [0.2, 0.25) is 10.0 Å². The first-order chi connectivity index (χ1) is 15.1. The van der Waals surface area contributed by atoms with E-state index in [2.05, 4.69) is 4.98 Å². The van der Waals surface area contributed by atoms with Crippen molar-refractivity contribution in [3.05, 3.63) is 57.3 Å². The minimum Gasteiger partial charge on any atom is -0.493 e. The van der Waals surface area contributed by atoms with Gasteiger partial charge in [-0.05, 0) is 49.6 Å². The molecule has 0 N–H and O–H groups in total. The van der Waals surface area contributed by atoms with E-state index in [4.69, 9.17) is 32.7 Å². The summed E-state index contributed by atoms with van der Waals surface area (Å²) in [6.45, 7) is 3.77. The first-order valence-corrected chi connectivity index (χ1v) is 10.7. The Kier molecular flexibility index (Phi) is 7.56. The number of nitrogens with zero attached hydrogens (tertiary/aromatic N) is 2. The third-order valence-electron chi connectivity index (χ3n) is 4.71. The first-order valence-electron chi connectivity index (χ1n) is 9.90. The molecule has 0 fully saturated rings. The third kappa shape index (κ3) is 5.66. The Labute approximate surface area is 193 Å². The second kappa shape index (κ2) is 10.0. The number of halogens is 5. The summed E-state index contributed by atoms with van der Waals surface area (Å²) < 4.78 is 52.9. The Morgan fingerprint density at radius 1 is 1.19 bits per heavy atom. The van der Waals surface area contributed by atoms with Gasteiger partial charge in [0.1, 0.15) is 5.75 Å². The molecule has 1 heterocycles. The van der Waals surface area contributed by atoms with Gasteiger partial charge in [0.25, 0.3) is 0 Å². The minimum atomic E-state index is -4.66. The molecule has 0 aliphatic heterocycles. The van der Waals surface area contributed by atoms with Crippen molar-refractivity contribution in [1.29, 1.82) is 0 Å². The topological polar surface area (TPSA) is 53.4 Å². The molecule has 0 amide bonds. The monoisotopic (exact) mass is 488 g/mol. The number of benzene rings is 2. The number of alkyl halides is 3. The smallest absolute Gasteiger partial charge is 0.449 e. The number of ether oxygens (including phenoxy) is 2. The molecule has 32 heavy (non-hydrogen) atoms. The molecule has 0 spiro atoms. The zero-order valence-electron chi connectivity index (χ0n) is 17.4. The van der Waals surface area contributed by atoms with Crippen LogP contribution < -0.4 is 4.74 Å². The van der Waals surface area contributed by atoms with Crippen molar-refractivity contribution in [1.82, 2.24) is 9.55 Å². The fourth-order valence-corrected chi connectivity index (χ4v) is 3.75. The molecule has 0 radical (unpaired) electrons. The normalized spacial score (nSPS) is 11.7. The zero-order chi connectivity index (χ0) is 23.5. The van der Waals surface area contributed by atoms with Gasteiger partial charge in [-0.15, -0.1) is 0 Å². The zero-order valence-corrected chi connectivity index (χ0v) is 18.9. The number of fused-ring (bicyclic) bond motifs is 1. The van der Waals surface area contributed by atoms with Gasteiger partial charge in [-0.2, -0.15) is 13.2 Å². The van der Waals surface area contributed by atoms with Gasteiger partial charge in [-0.1, -0.05) is 29.3 Å². The molecule has 0 bridgehead atoms. The SMILES string of the molecule is CCOC(=O)CCCOc1cc(C)c2nc(C(F)(F)F)n(Cc3ccc(Cl)cc3Cl)c2c1. The van der Waals surface area contributed by atoms with Crippen LogP contribution in [0.3, 0.4) is 0 Å². The van der Waals surface area contributed by atoms with Crippen LogP contribution in [-0.4, -0.2) is 28.7 Å². The fraction of sp³-hybridized carbons (Fsp3) is 0.364. The highest BCUT2D eigenvalue weighted by atomic mass is 35.5. The van der Waals surface area contributed by atoms with Crippen molar-refractivity contribution in [3.63, 3.8) is 0 Å². The number of imidazole rings is 1. The van der Waals surface area contributed by atoms with Crippen molar-refractivity contribution in [2.45, 2.75) is 39.4 Å². The summed E-state index contributed by atoms with van der Waals surface area (Å²) in [6.07, 6.45) is -4.05. The number of aryl methyl sites for hydroxylation is 1. The number of hydrogen-bond donors (Lipinski definition) is 0. The summed E-state index contributed by atoms with van der Waals surface area (Å²) in [4.78, 5) is 15.3. The van der Waals surface area contributed by atoms with Gasteiger partial charge < -0.3 is 14.0 Å². The maximum Gasteiger partial charge on any atom is 0.449 e. The highest BCUT2D eigenvalue weighted by Gasteiger charge is 2.38. The maximum absolute atomic E-state index is 13.8. The Morgan fingerprint density at radius 3 is 2.59 bits per heavy atom. The number of hydrogen-bond acceptors (Lipinski definition) is 4. The molecule has 3 aromatic rings. The fourth-order valence-electron chi connectivity index (χ4n) is 3.28. The molecular weight excluding hydrogens is 468 g/mol. The molecule has 10 heteroatoms. The highest BCUT2D eigenvalue weighted by Crippen LogP contribution is 2.35. The van der Waals surface area contributed by atoms with Crippen molar-refractivity contribution in [2.75, 3.05) is 13.2 Å². The van der Waals surface area contributed by atoms with Gasteiger partial charge in [-0.25, -0.2) is 4.98 Å². The lowest BCUT2D eigenvalue weighted by atomic mass is 10.2. The molecule has 1 aromatic heterocycles. The molecule has 0 saturated carbocycles. The lowest BCUT2D eigenvalue weighted by Crippen LogP contribution is -2.15. The summed E-state index contributed by atoms with van der Waals surface area (Å²) in [5.41, 5.74) is 1.50. The summed E-state index contributed by atoms with van der Waals surface area (Å²) in [7, 11) is 0. The Hall–Kier alpha value is -2.45. The van der Waals surface area contributed by atoms with E-state index in [9.17, 15) is 18.0 Å². The molecule has 0 atom stereocenters. The van der Waals surface area contributed by atoms with Gasteiger partial charge in [0.2, 0.25) is 5.82 Å². The number of aromatic nitrogens is 2. The van der Waals surface area contributed by atoms with Crippen LogP contribution in [0.5, 0.6) is 5.75 Å². The quantitative estimate of drug-likeness (QED) is 0.270. The average Bonchev–Trinajstić information content (AvgIpc) is 3.07. The van der Waals surface area contributed by atoms with Crippen LogP contribution >= 0.6 is 23.2 Å². The van der Waals surface area contributed by atoms with Crippen LogP contribution in [0.1, 0.15) is 36.7 Å². The number of esters is 1. The van der Waals surface area contributed by atoms with Crippen molar-refractivity contribution >= 4 is 40.2 Å². The Balaban J connectivity index is 1.94. The van der Waals surface area contributed by atoms with E-state index < -0.39 is 12.0 Å². The van der Waals surface area contributed by atoms with Crippen LogP contribution in [0, 0.1) is 6.92 Å². The van der Waals surface area contributed by atoms with Gasteiger partial charge in [-0.3, -0.25) is 4.79 Å². The second-order valence-corrected chi connectivity index (χ2v) is 7.96. The summed E-state index contributed by atoms with van der Waals surface area (Å²) >= 11 is 12.1. The van der Waals surface area contributed by atoms with Crippen molar-refractivity contribution in [2.24, 2.45) is 0 Å². The predicted octanol–water partition coefficient (Wildman–Crippen LogP) is 6.44. The van der Waals surface area contributed by atoms with E-state index in [1.54, 1.807) is 32.0 Å². The van der Waals surface area contributed by atoms with Crippen molar-refractivity contribution < 1.29 is 27.4 Å². The standard InChI is InChI=1S/C22H21Cl2F3N2O3/c1-3-31-19(30)5-4-8-32-16-9-13(2)20-18(11-16)29(21(28-20)22(25,26)27)12-14-6-7-15(23)10-17(14)24/h6-7,9-11H,3-5,8,12H2,1-2H3. The lowest BCUT2D eigenvalue weighted by Gasteiger charge is -2.13. The van der Waals surface area contributed by atoms with Crippen LogP contribution in [0.15, 0.2) is 30.3 Å². The molecule has 3 rings (SSSR count). The van der Waals surface area contributed by atoms with E-state index in [-0.39, 0.29) is 41.6 Å². The molecule has 2 aromatic carbocycles. The van der Waals surface area contributed by atoms with Gasteiger partial charge in [0, 0.05) is 22.5 Å². The van der Waals surface area contributed by atoms with Crippen LogP contribution in [0.4, 0.5) is 13.2 Å². The predicted molar refractivity (Wildman–Crippen MR) is 116 cm³/mol. The molecule has 0 aliphatic carbocycles. The summed E-state index contributed by atoms with van der Waals surface area (Å²) in [6, 6.07) is 7.77. The van der Waals surface area contributed by atoms with E-state index in [0.29, 0.717) is 34.9 Å². The van der Waals surface area contributed by atoms with Crippen LogP contribution in [-0.2, 0) is 22.3 Å². The molecular formula is C22H21Cl2F3N2O3. The first kappa shape index (κ1) is 24.2. The minimum absolute atomic E-state index is 0.146. The third-order valence-corrected chi connectivity index (χ3v) is 5.30. The van der Waals surface area contributed by atoms with E-state index in [1.807, 2.05) is 0 Å². The molecule has 172 valence electrons. The average molecular weight is 489 g/mol.